The monoisotopic (exact) mass is 442 g/mol. The molecule has 1 fully saturated rings. The number of hydrogen-bond acceptors (Lipinski definition) is 5. The fraction of sp³-hybridized carbons (Fsp3) is 0.667. The Balaban J connectivity index is 1.89. The molecule has 2 heterocycles. The molecule has 0 bridgehead atoms. The fourth-order valence-corrected chi connectivity index (χ4v) is 4.70. The highest BCUT2D eigenvalue weighted by atomic mass is 35.5. The van der Waals surface area contributed by atoms with Crippen molar-refractivity contribution >= 4 is 28.9 Å². The van der Waals surface area contributed by atoms with Crippen molar-refractivity contribution in [2.75, 3.05) is 19.8 Å². The van der Waals surface area contributed by atoms with Gasteiger partial charge in [0.05, 0.1) is 19.3 Å². The maximum Gasteiger partial charge on any atom is 0.254 e. The second-order valence-corrected chi connectivity index (χ2v) is 10.9. The summed E-state index contributed by atoms with van der Waals surface area (Å²) in [5.41, 5.74) is 2.55. The van der Waals surface area contributed by atoms with Gasteiger partial charge in [0.15, 0.2) is 6.29 Å². The summed E-state index contributed by atoms with van der Waals surface area (Å²) in [5, 5.41) is 0.517. The zero-order valence-corrected chi connectivity index (χ0v) is 19.2. The number of hydrogen-bond donors (Lipinski definition) is 1. The maximum absolute atomic E-state index is 12.9. The van der Waals surface area contributed by atoms with E-state index in [0.29, 0.717) is 49.7 Å². The van der Waals surface area contributed by atoms with Gasteiger partial charge in [0.2, 0.25) is 0 Å². The van der Waals surface area contributed by atoms with Crippen LogP contribution in [0.3, 0.4) is 0 Å². The summed E-state index contributed by atoms with van der Waals surface area (Å²) in [5.74, 6) is 0.000825. The third-order valence-corrected chi connectivity index (χ3v) is 7.09. The summed E-state index contributed by atoms with van der Waals surface area (Å²) < 4.78 is 27.2. The third kappa shape index (κ3) is 5.46. The minimum Gasteiger partial charge on any atom is -0.598 e. The van der Waals surface area contributed by atoms with Crippen molar-refractivity contribution in [1.29, 1.82) is 0 Å². The van der Waals surface area contributed by atoms with Crippen molar-refractivity contribution in [3.05, 3.63) is 33.8 Å². The van der Waals surface area contributed by atoms with Crippen LogP contribution < -0.4 is 4.72 Å². The summed E-state index contributed by atoms with van der Waals surface area (Å²) in [7, 11) is 0. The number of rotatable bonds is 7. The molecule has 1 aromatic rings. The van der Waals surface area contributed by atoms with E-state index in [4.69, 9.17) is 21.1 Å². The lowest BCUT2D eigenvalue weighted by atomic mass is 9.95. The van der Waals surface area contributed by atoms with E-state index in [-0.39, 0.29) is 18.2 Å². The van der Waals surface area contributed by atoms with E-state index in [9.17, 15) is 9.35 Å². The van der Waals surface area contributed by atoms with Crippen LogP contribution in [0.4, 0.5) is 0 Å². The zero-order chi connectivity index (χ0) is 21.2. The van der Waals surface area contributed by atoms with Crippen LogP contribution >= 0.6 is 11.6 Å². The Kier molecular flexibility index (Phi) is 7.51. The first kappa shape index (κ1) is 22.8. The van der Waals surface area contributed by atoms with Crippen molar-refractivity contribution < 1.29 is 18.8 Å². The van der Waals surface area contributed by atoms with Gasteiger partial charge in [-0.25, -0.2) is 0 Å². The van der Waals surface area contributed by atoms with Crippen LogP contribution in [0.15, 0.2) is 12.1 Å². The van der Waals surface area contributed by atoms with E-state index in [1.165, 1.54) is 0 Å². The average molecular weight is 443 g/mol. The summed E-state index contributed by atoms with van der Waals surface area (Å²) in [6.45, 7) is 10.4. The lowest BCUT2D eigenvalue weighted by Gasteiger charge is -2.30. The normalized spacial score (nSPS) is 20.1. The molecule has 1 amide bonds. The second-order valence-electron chi connectivity index (χ2n) is 8.49. The summed E-state index contributed by atoms with van der Waals surface area (Å²) in [4.78, 5) is 14.5. The Hall–Kier alpha value is -0.830. The molecule has 2 aliphatic heterocycles. The number of fused-ring (bicyclic) bond motifs is 1. The van der Waals surface area contributed by atoms with Crippen molar-refractivity contribution in [2.24, 2.45) is 0 Å². The SMILES string of the molecule is CCN1Cc2c(cc(Cl)cc2[C@@H](CCC2OCCCO2)N[S+]([O-])C(C)(C)C)C1=O. The van der Waals surface area contributed by atoms with E-state index < -0.39 is 16.1 Å². The Morgan fingerprint density at radius 2 is 2.03 bits per heavy atom. The number of carbonyl (C=O) groups is 1. The van der Waals surface area contributed by atoms with E-state index in [2.05, 4.69) is 4.72 Å². The van der Waals surface area contributed by atoms with Gasteiger partial charge in [0.25, 0.3) is 5.91 Å². The van der Waals surface area contributed by atoms with Gasteiger partial charge in [-0.2, -0.15) is 0 Å². The lowest BCUT2D eigenvalue weighted by molar-refractivity contribution is -0.182. The predicted octanol–water partition coefficient (Wildman–Crippen LogP) is 3.95. The smallest absolute Gasteiger partial charge is 0.254 e. The highest BCUT2D eigenvalue weighted by Crippen LogP contribution is 2.35. The molecule has 1 N–H and O–H groups in total. The first-order valence-electron chi connectivity index (χ1n) is 10.2. The Morgan fingerprint density at radius 3 is 2.66 bits per heavy atom. The van der Waals surface area contributed by atoms with E-state index in [0.717, 1.165) is 17.5 Å². The van der Waals surface area contributed by atoms with Gasteiger partial charge in [0, 0.05) is 41.5 Å². The molecule has 29 heavy (non-hydrogen) atoms. The molecule has 3 rings (SSSR count). The number of ether oxygens (including phenoxy) is 2. The van der Waals surface area contributed by atoms with Gasteiger partial charge >= 0.3 is 0 Å². The summed E-state index contributed by atoms with van der Waals surface area (Å²) in [6, 6.07) is 3.41. The predicted molar refractivity (Wildman–Crippen MR) is 115 cm³/mol. The first-order chi connectivity index (χ1) is 13.7. The van der Waals surface area contributed by atoms with Crippen LogP contribution in [-0.2, 0) is 27.4 Å². The molecular weight excluding hydrogens is 412 g/mol. The van der Waals surface area contributed by atoms with Crippen LogP contribution in [0.25, 0.3) is 0 Å². The Morgan fingerprint density at radius 1 is 1.34 bits per heavy atom. The topological polar surface area (TPSA) is 73.9 Å². The molecule has 2 aliphatic rings. The van der Waals surface area contributed by atoms with Crippen molar-refractivity contribution in [2.45, 2.75) is 70.6 Å². The summed E-state index contributed by atoms with van der Waals surface area (Å²) >= 11 is 5.11. The standard InChI is InChI=1S/C21H31ClN2O4S/c1-5-24-13-17-15(11-14(22)12-16(17)20(24)25)18(23-29(26)21(2,3)4)7-8-19-27-9-6-10-28-19/h11-12,18-19,23H,5-10,13H2,1-4H3/t18-,29?/m1/s1. The van der Waals surface area contributed by atoms with Crippen LogP contribution in [0, 0.1) is 0 Å². The summed E-state index contributed by atoms with van der Waals surface area (Å²) in [6.07, 6.45) is 1.99. The van der Waals surface area contributed by atoms with E-state index in [1.54, 1.807) is 11.0 Å². The highest BCUT2D eigenvalue weighted by molar-refractivity contribution is 7.90. The third-order valence-electron chi connectivity index (χ3n) is 5.27. The Bertz CT molecular complexity index is 734. The number of halogens is 1. The largest absolute Gasteiger partial charge is 0.598 e. The molecule has 2 atom stereocenters. The molecule has 0 spiro atoms. The average Bonchev–Trinajstić information content (AvgIpc) is 3.00. The second kappa shape index (κ2) is 9.54. The van der Waals surface area contributed by atoms with Gasteiger partial charge in [-0.1, -0.05) is 11.6 Å². The van der Waals surface area contributed by atoms with Crippen LogP contribution in [0.1, 0.15) is 74.5 Å². The van der Waals surface area contributed by atoms with Crippen LogP contribution in [0.2, 0.25) is 5.02 Å². The van der Waals surface area contributed by atoms with Crippen LogP contribution in [0.5, 0.6) is 0 Å². The number of carbonyl (C=O) groups excluding carboxylic acids is 1. The number of nitrogens with zero attached hydrogens (tertiary/aromatic N) is 1. The molecule has 0 aliphatic carbocycles. The first-order valence-corrected chi connectivity index (χ1v) is 11.8. The van der Waals surface area contributed by atoms with Gasteiger partial charge in [-0.05, 0) is 63.8 Å². The zero-order valence-electron chi connectivity index (χ0n) is 17.6. The van der Waals surface area contributed by atoms with Crippen molar-refractivity contribution in [3.63, 3.8) is 0 Å². The molecule has 162 valence electrons. The maximum atomic E-state index is 12.9. The van der Waals surface area contributed by atoms with Crippen molar-refractivity contribution in [1.82, 2.24) is 9.62 Å². The molecule has 6 nitrogen and oxygen atoms in total. The number of amides is 1. The fourth-order valence-electron chi connectivity index (χ4n) is 3.61. The number of benzene rings is 1. The van der Waals surface area contributed by atoms with E-state index in [1.807, 2.05) is 33.8 Å². The molecule has 0 aromatic heterocycles. The highest BCUT2D eigenvalue weighted by Gasteiger charge is 2.35. The van der Waals surface area contributed by atoms with Gasteiger partial charge in [-0.3, -0.25) is 4.79 Å². The molecule has 8 heteroatoms. The molecule has 1 saturated heterocycles. The van der Waals surface area contributed by atoms with Crippen LogP contribution in [-0.4, -0.2) is 46.2 Å². The molecule has 1 aromatic carbocycles. The molecule has 0 saturated carbocycles. The Labute approximate surface area is 181 Å². The molecule has 1 unspecified atom stereocenters. The molecule has 0 radical (unpaired) electrons. The minimum atomic E-state index is -1.27. The lowest BCUT2D eigenvalue weighted by Crippen LogP contribution is -2.42. The minimum absolute atomic E-state index is 0.000825. The van der Waals surface area contributed by atoms with E-state index >= 15 is 0 Å². The molecular formula is C21H31ClN2O4S. The quantitative estimate of drug-likeness (QED) is 0.647. The van der Waals surface area contributed by atoms with Gasteiger partial charge in [-0.15, -0.1) is 4.72 Å². The van der Waals surface area contributed by atoms with Gasteiger partial charge < -0.3 is 18.9 Å². The number of nitrogens with one attached hydrogen (secondary N) is 1. The van der Waals surface area contributed by atoms with Crippen molar-refractivity contribution in [3.8, 4) is 0 Å². The van der Waals surface area contributed by atoms with Gasteiger partial charge in [0.1, 0.15) is 4.75 Å².